The summed E-state index contributed by atoms with van der Waals surface area (Å²) in [5.74, 6) is 0.931. The quantitative estimate of drug-likeness (QED) is 0.945. The van der Waals surface area contributed by atoms with Gasteiger partial charge in [0, 0.05) is 16.9 Å². The molecule has 5 heteroatoms. The lowest BCUT2D eigenvalue weighted by Gasteiger charge is -2.16. The average molecular weight is 308 g/mol. The first-order chi connectivity index (χ1) is 8.58. The van der Waals surface area contributed by atoms with Gasteiger partial charge in [-0.1, -0.05) is 6.07 Å². The Hall–Kier alpha value is -1.62. The smallest absolute Gasteiger partial charge is 0.166 e. The van der Waals surface area contributed by atoms with E-state index in [9.17, 15) is 0 Å². The van der Waals surface area contributed by atoms with Gasteiger partial charge in [-0.25, -0.2) is 4.98 Å². The van der Waals surface area contributed by atoms with Gasteiger partial charge in [-0.05, 0) is 47.5 Å². The number of anilines is 1. The summed E-state index contributed by atoms with van der Waals surface area (Å²) >= 11 is 3.34. The van der Waals surface area contributed by atoms with Crippen molar-refractivity contribution >= 4 is 21.7 Å². The third-order valence-electron chi connectivity index (χ3n) is 2.59. The van der Waals surface area contributed by atoms with Crippen molar-refractivity contribution in [2.24, 2.45) is 0 Å². The zero-order chi connectivity index (χ0) is 13.1. The van der Waals surface area contributed by atoms with E-state index in [2.05, 4.69) is 25.9 Å². The molecule has 1 unspecified atom stereocenters. The molecule has 2 heterocycles. The van der Waals surface area contributed by atoms with Gasteiger partial charge in [0.1, 0.15) is 6.10 Å². The maximum atomic E-state index is 5.81. The second-order valence-corrected chi connectivity index (χ2v) is 4.92. The Bertz CT molecular complexity index is 560. The van der Waals surface area contributed by atoms with Crippen LogP contribution in [0.3, 0.4) is 0 Å². The zero-order valence-electron chi connectivity index (χ0n) is 10.2. The molecule has 0 aliphatic heterocycles. The minimum atomic E-state index is -0.176. The highest BCUT2D eigenvalue weighted by molar-refractivity contribution is 9.10. The van der Waals surface area contributed by atoms with E-state index in [0.29, 0.717) is 11.6 Å². The van der Waals surface area contributed by atoms with Crippen LogP contribution in [0.1, 0.15) is 24.3 Å². The Kier molecular flexibility index (Phi) is 3.81. The maximum Gasteiger partial charge on any atom is 0.166 e. The zero-order valence-corrected chi connectivity index (χ0v) is 11.8. The van der Waals surface area contributed by atoms with Gasteiger partial charge < -0.3 is 10.5 Å². The molecule has 0 saturated carbocycles. The van der Waals surface area contributed by atoms with Crippen LogP contribution in [0.25, 0.3) is 0 Å². The Balaban J connectivity index is 2.24. The number of nitrogen functional groups attached to an aromatic ring is 1. The molecule has 2 N–H and O–H groups in total. The Labute approximate surface area is 114 Å². The van der Waals surface area contributed by atoms with Crippen LogP contribution >= 0.6 is 15.9 Å². The van der Waals surface area contributed by atoms with Gasteiger partial charge in [-0.3, -0.25) is 4.98 Å². The van der Waals surface area contributed by atoms with Crippen LogP contribution in [-0.2, 0) is 0 Å². The number of pyridine rings is 2. The summed E-state index contributed by atoms with van der Waals surface area (Å²) in [6.07, 6.45) is 3.22. The van der Waals surface area contributed by atoms with E-state index in [1.807, 2.05) is 26.0 Å². The molecule has 18 heavy (non-hydrogen) atoms. The third kappa shape index (κ3) is 2.79. The minimum Gasteiger partial charge on any atom is -0.480 e. The third-order valence-corrected chi connectivity index (χ3v) is 3.02. The van der Waals surface area contributed by atoms with Crippen LogP contribution in [0.5, 0.6) is 5.75 Å². The first-order valence-corrected chi connectivity index (χ1v) is 6.36. The summed E-state index contributed by atoms with van der Waals surface area (Å²) < 4.78 is 6.64. The summed E-state index contributed by atoms with van der Waals surface area (Å²) in [4.78, 5) is 8.36. The number of hydrogen-bond donors (Lipinski definition) is 1. The van der Waals surface area contributed by atoms with E-state index >= 15 is 0 Å². The normalized spacial score (nSPS) is 12.2. The highest BCUT2D eigenvalue weighted by Crippen LogP contribution is 2.28. The number of aromatic nitrogens is 2. The first-order valence-electron chi connectivity index (χ1n) is 5.57. The maximum absolute atomic E-state index is 5.81. The van der Waals surface area contributed by atoms with E-state index in [0.717, 1.165) is 15.7 Å². The standard InChI is InChI=1S/C13H14BrN3O/c1-8-4-3-5-16-12(8)9(2)18-11-6-10(14)7-17-13(11)15/h3-7,9H,1-2H3,(H2,15,17). The molecule has 2 aromatic rings. The molecule has 0 amide bonds. The predicted molar refractivity (Wildman–Crippen MR) is 74.4 cm³/mol. The van der Waals surface area contributed by atoms with Crippen LogP contribution in [0.2, 0.25) is 0 Å². The molecule has 0 bridgehead atoms. The minimum absolute atomic E-state index is 0.176. The van der Waals surface area contributed by atoms with Gasteiger partial charge in [-0.15, -0.1) is 0 Å². The van der Waals surface area contributed by atoms with Crippen LogP contribution in [-0.4, -0.2) is 9.97 Å². The summed E-state index contributed by atoms with van der Waals surface area (Å²) in [6, 6.07) is 5.71. The number of rotatable bonds is 3. The molecule has 2 aromatic heterocycles. The summed E-state index contributed by atoms with van der Waals surface area (Å²) in [5.41, 5.74) is 7.77. The van der Waals surface area contributed by atoms with Crippen LogP contribution < -0.4 is 10.5 Å². The summed E-state index contributed by atoms with van der Waals surface area (Å²) in [7, 11) is 0. The van der Waals surface area contributed by atoms with E-state index < -0.39 is 0 Å². The highest BCUT2D eigenvalue weighted by Gasteiger charge is 2.13. The van der Waals surface area contributed by atoms with Crippen molar-refractivity contribution in [3.8, 4) is 5.75 Å². The molecule has 2 rings (SSSR count). The predicted octanol–water partition coefficient (Wildman–Crippen LogP) is 3.27. The molecule has 4 nitrogen and oxygen atoms in total. The number of nitrogens with two attached hydrogens (primary N) is 1. The fourth-order valence-corrected chi connectivity index (χ4v) is 2.01. The SMILES string of the molecule is Cc1cccnc1C(C)Oc1cc(Br)cnc1N. The molecule has 0 spiro atoms. The molecular weight excluding hydrogens is 294 g/mol. The molecule has 0 radical (unpaired) electrons. The Morgan fingerprint density at radius 3 is 2.89 bits per heavy atom. The molecule has 0 aliphatic carbocycles. The summed E-state index contributed by atoms with van der Waals surface area (Å²) in [6.45, 7) is 3.94. The van der Waals surface area contributed by atoms with E-state index in [-0.39, 0.29) is 6.10 Å². The van der Waals surface area contributed by atoms with Crippen molar-refractivity contribution in [3.63, 3.8) is 0 Å². The largest absolute Gasteiger partial charge is 0.480 e. The molecule has 0 saturated heterocycles. The van der Waals surface area contributed by atoms with Crippen molar-refractivity contribution < 1.29 is 4.74 Å². The highest BCUT2D eigenvalue weighted by atomic mass is 79.9. The van der Waals surface area contributed by atoms with Gasteiger partial charge in [-0.2, -0.15) is 0 Å². The van der Waals surface area contributed by atoms with Gasteiger partial charge in [0.15, 0.2) is 11.6 Å². The second kappa shape index (κ2) is 5.35. The number of aryl methyl sites for hydroxylation is 1. The fraction of sp³-hybridized carbons (Fsp3) is 0.231. The van der Waals surface area contributed by atoms with Crippen molar-refractivity contribution in [2.75, 3.05) is 5.73 Å². The van der Waals surface area contributed by atoms with Gasteiger partial charge in [0.05, 0.1) is 5.69 Å². The Morgan fingerprint density at radius 2 is 2.17 bits per heavy atom. The molecule has 94 valence electrons. The first kappa shape index (κ1) is 12.8. The van der Waals surface area contributed by atoms with E-state index in [4.69, 9.17) is 10.5 Å². The number of nitrogens with zero attached hydrogens (tertiary/aromatic N) is 2. The number of ether oxygens (including phenoxy) is 1. The van der Waals surface area contributed by atoms with Crippen molar-refractivity contribution in [2.45, 2.75) is 20.0 Å². The molecule has 0 aromatic carbocycles. The molecule has 0 fully saturated rings. The van der Waals surface area contributed by atoms with Crippen molar-refractivity contribution in [1.82, 2.24) is 9.97 Å². The number of halogens is 1. The van der Waals surface area contributed by atoms with Gasteiger partial charge in [0.25, 0.3) is 0 Å². The number of hydrogen-bond acceptors (Lipinski definition) is 4. The lowest BCUT2D eigenvalue weighted by Crippen LogP contribution is -2.09. The second-order valence-electron chi connectivity index (χ2n) is 4.00. The molecular formula is C13H14BrN3O. The van der Waals surface area contributed by atoms with Gasteiger partial charge >= 0.3 is 0 Å². The fourth-order valence-electron chi connectivity index (χ4n) is 1.70. The van der Waals surface area contributed by atoms with E-state index in [1.165, 1.54) is 0 Å². The van der Waals surface area contributed by atoms with Crippen molar-refractivity contribution in [1.29, 1.82) is 0 Å². The monoisotopic (exact) mass is 307 g/mol. The lowest BCUT2D eigenvalue weighted by molar-refractivity contribution is 0.221. The van der Waals surface area contributed by atoms with Crippen LogP contribution in [0.15, 0.2) is 35.1 Å². The van der Waals surface area contributed by atoms with Crippen LogP contribution in [0.4, 0.5) is 5.82 Å². The van der Waals surface area contributed by atoms with Crippen molar-refractivity contribution in [3.05, 3.63) is 46.3 Å². The lowest BCUT2D eigenvalue weighted by atomic mass is 10.1. The summed E-state index contributed by atoms with van der Waals surface area (Å²) in [5, 5.41) is 0. The van der Waals surface area contributed by atoms with E-state index in [1.54, 1.807) is 18.5 Å². The Morgan fingerprint density at radius 1 is 1.39 bits per heavy atom. The van der Waals surface area contributed by atoms with Gasteiger partial charge in [0.2, 0.25) is 0 Å². The molecule has 0 aliphatic rings. The van der Waals surface area contributed by atoms with Crippen LogP contribution in [0, 0.1) is 6.92 Å². The molecule has 1 atom stereocenters. The average Bonchev–Trinajstić information content (AvgIpc) is 2.34. The topological polar surface area (TPSA) is 61.0 Å².